The summed E-state index contributed by atoms with van der Waals surface area (Å²) in [6, 6.07) is 6.60. The summed E-state index contributed by atoms with van der Waals surface area (Å²) < 4.78 is 21.1. The molecule has 11 nitrogen and oxygen atoms in total. The molecule has 2 atom stereocenters. The normalized spacial score (nSPS) is 18.8. The number of hydrogen-bond donors (Lipinski definition) is 3. The van der Waals surface area contributed by atoms with Crippen LogP contribution in [-0.4, -0.2) is 65.8 Å². The number of nitrogens with zero attached hydrogens (tertiary/aromatic N) is 5. The predicted molar refractivity (Wildman–Crippen MR) is 139 cm³/mol. The van der Waals surface area contributed by atoms with Crippen LogP contribution >= 0.6 is 0 Å². The second-order valence-corrected chi connectivity index (χ2v) is 10.3. The number of carbonyl (C=O) groups excluding carboxylic acids is 2. The third-order valence-electron chi connectivity index (χ3n) is 7.75. The Labute approximate surface area is 223 Å². The number of aromatic nitrogens is 5. The smallest absolute Gasteiger partial charge is 0.274 e. The van der Waals surface area contributed by atoms with Gasteiger partial charge in [-0.3, -0.25) is 14.7 Å². The minimum absolute atomic E-state index is 0.105. The van der Waals surface area contributed by atoms with E-state index in [2.05, 4.69) is 25.6 Å². The summed E-state index contributed by atoms with van der Waals surface area (Å²) in [5, 5.41) is 24.0. The van der Waals surface area contributed by atoms with Crippen molar-refractivity contribution in [2.45, 2.75) is 44.2 Å². The summed E-state index contributed by atoms with van der Waals surface area (Å²) in [5.74, 6) is -0.909. The number of piperidine rings is 1. The molecule has 0 radical (unpaired) electrons. The Morgan fingerprint density at radius 2 is 2.10 bits per heavy atom. The molecular weight excluding hydrogens is 505 g/mol. The molecule has 5 heterocycles. The summed E-state index contributed by atoms with van der Waals surface area (Å²) in [6.07, 6.45) is 6.48. The molecule has 0 aromatic carbocycles. The summed E-state index contributed by atoms with van der Waals surface area (Å²) in [6.45, 7) is 2.10. The first-order chi connectivity index (χ1) is 18.8. The maximum Gasteiger partial charge on any atom is 0.274 e. The molecule has 0 bridgehead atoms. The highest BCUT2D eigenvalue weighted by Gasteiger charge is 2.54. The monoisotopic (exact) mass is 533 g/mol. The highest BCUT2D eigenvalue weighted by molar-refractivity contribution is 5.97. The van der Waals surface area contributed by atoms with E-state index in [0.717, 1.165) is 30.1 Å². The van der Waals surface area contributed by atoms with Crippen molar-refractivity contribution in [1.82, 2.24) is 29.7 Å². The number of aliphatic hydroxyl groups is 1. The largest absolute Gasteiger partial charge is 0.481 e. The van der Waals surface area contributed by atoms with Crippen LogP contribution in [0.25, 0.3) is 16.8 Å². The van der Waals surface area contributed by atoms with Gasteiger partial charge < -0.3 is 20.1 Å². The Hall–Kier alpha value is -4.32. The Bertz CT molecular complexity index is 1580. The summed E-state index contributed by atoms with van der Waals surface area (Å²) >= 11 is 0. The number of rotatable bonds is 6. The molecule has 2 fully saturated rings. The fourth-order valence-corrected chi connectivity index (χ4v) is 5.38. The molecule has 202 valence electrons. The van der Waals surface area contributed by atoms with E-state index in [-0.39, 0.29) is 40.4 Å². The number of aliphatic hydroxyl groups excluding tert-OH is 1. The lowest BCUT2D eigenvalue weighted by Crippen LogP contribution is -2.50. The van der Waals surface area contributed by atoms with Gasteiger partial charge in [0.25, 0.3) is 5.91 Å². The third kappa shape index (κ3) is 4.50. The zero-order valence-corrected chi connectivity index (χ0v) is 21.5. The Balaban J connectivity index is 1.15. The quantitative estimate of drug-likeness (QED) is 0.346. The van der Waals surface area contributed by atoms with Gasteiger partial charge >= 0.3 is 0 Å². The summed E-state index contributed by atoms with van der Waals surface area (Å²) in [4.78, 5) is 32.3. The van der Waals surface area contributed by atoms with Crippen LogP contribution in [0.3, 0.4) is 0 Å². The number of aromatic amines is 1. The van der Waals surface area contributed by atoms with E-state index >= 15 is 0 Å². The first-order valence-corrected chi connectivity index (χ1v) is 12.8. The van der Waals surface area contributed by atoms with Gasteiger partial charge in [0.15, 0.2) is 11.5 Å². The van der Waals surface area contributed by atoms with Crippen LogP contribution in [0.15, 0.2) is 42.9 Å². The number of fused-ring (bicyclic) bond motifs is 1. The van der Waals surface area contributed by atoms with Crippen LogP contribution in [-0.2, 0) is 4.79 Å². The molecule has 6 rings (SSSR count). The molecule has 1 spiro atoms. The molecule has 1 saturated carbocycles. The van der Waals surface area contributed by atoms with Gasteiger partial charge in [-0.1, -0.05) is 6.07 Å². The van der Waals surface area contributed by atoms with Crippen molar-refractivity contribution in [2.24, 2.45) is 5.92 Å². The van der Waals surface area contributed by atoms with Crippen molar-refractivity contribution in [3.05, 3.63) is 59.9 Å². The average Bonchev–Trinajstić information content (AvgIpc) is 3.34. The molecular formula is C27H28FN7O4. The van der Waals surface area contributed by atoms with Gasteiger partial charge in [-0.2, -0.15) is 10.2 Å². The van der Waals surface area contributed by atoms with E-state index in [0.29, 0.717) is 30.8 Å². The predicted octanol–water partition coefficient (Wildman–Crippen LogP) is 3.34. The number of pyridine rings is 2. The van der Waals surface area contributed by atoms with Gasteiger partial charge in [-0.05, 0) is 50.3 Å². The van der Waals surface area contributed by atoms with Crippen molar-refractivity contribution in [3.63, 3.8) is 0 Å². The number of nitrogens with one attached hydrogen (secondary N) is 2. The molecule has 0 unspecified atom stereocenters. The van der Waals surface area contributed by atoms with E-state index in [4.69, 9.17) is 4.74 Å². The highest BCUT2D eigenvalue weighted by atomic mass is 19.1. The molecule has 4 aromatic rings. The molecule has 39 heavy (non-hydrogen) atoms. The topological polar surface area (TPSA) is 138 Å². The number of likely N-dealkylation sites (tertiary alicyclic amines) is 1. The van der Waals surface area contributed by atoms with Crippen molar-refractivity contribution < 1.29 is 23.8 Å². The van der Waals surface area contributed by atoms with Crippen LogP contribution in [0.5, 0.6) is 5.88 Å². The zero-order valence-electron chi connectivity index (χ0n) is 21.5. The number of anilines is 1. The van der Waals surface area contributed by atoms with Crippen molar-refractivity contribution >= 4 is 23.0 Å². The Morgan fingerprint density at radius 3 is 2.85 bits per heavy atom. The van der Waals surface area contributed by atoms with Crippen molar-refractivity contribution in [1.29, 1.82) is 0 Å². The second-order valence-electron chi connectivity index (χ2n) is 10.3. The number of amides is 2. The molecule has 2 aliphatic rings. The van der Waals surface area contributed by atoms with Crippen LogP contribution in [0.4, 0.5) is 10.1 Å². The number of hydrogen-bond acceptors (Lipinski definition) is 7. The molecule has 3 N–H and O–H groups in total. The maximum atomic E-state index is 14.4. The van der Waals surface area contributed by atoms with Gasteiger partial charge in [0.1, 0.15) is 0 Å². The lowest BCUT2D eigenvalue weighted by atomic mass is 9.88. The van der Waals surface area contributed by atoms with Crippen LogP contribution < -0.4 is 10.1 Å². The minimum Gasteiger partial charge on any atom is -0.481 e. The average molecular weight is 534 g/mol. The van der Waals surface area contributed by atoms with E-state index in [1.54, 1.807) is 29.9 Å². The number of ether oxygens (including phenoxy) is 1. The van der Waals surface area contributed by atoms with Crippen LogP contribution in [0.2, 0.25) is 0 Å². The molecule has 2 amide bonds. The molecule has 1 saturated heterocycles. The maximum absolute atomic E-state index is 14.4. The van der Waals surface area contributed by atoms with Gasteiger partial charge in [0, 0.05) is 35.8 Å². The van der Waals surface area contributed by atoms with Gasteiger partial charge in [-0.25, -0.2) is 13.9 Å². The van der Waals surface area contributed by atoms with Crippen LogP contribution in [0.1, 0.15) is 54.8 Å². The molecule has 12 heteroatoms. The van der Waals surface area contributed by atoms with Gasteiger partial charge in [0.2, 0.25) is 11.8 Å². The number of methoxy groups -OCH3 is 1. The van der Waals surface area contributed by atoms with Crippen molar-refractivity contribution in [3.8, 4) is 17.1 Å². The third-order valence-corrected chi connectivity index (χ3v) is 7.75. The van der Waals surface area contributed by atoms with E-state index in [9.17, 15) is 19.1 Å². The summed E-state index contributed by atoms with van der Waals surface area (Å²) in [7, 11) is 1.44. The van der Waals surface area contributed by atoms with Crippen molar-refractivity contribution in [2.75, 3.05) is 19.0 Å². The van der Waals surface area contributed by atoms with E-state index in [1.807, 2.05) is 11.0 Å². The van der Waals surface area contributed by atoms with Gasteiger partial charge in [-0.15, -0.1) is 0 Å². The Kier molecular flexibility index (Phi) is 6.06. The lowest BCUT2D eigenvalue weighted by Gasteiger charge is -2.39. The van der Waals surface area contributed by atoms with E-state index in [1.165, 1.54) is 19.2 Å². The minimum atomic E-state index is -0.618. The molecule has 1 aliphatic heterocycles. The lowest BCUT2D eigenvalue weighted by molar-refractivity contribution is -0.122. The fourth-order valence-electron chi connectivity index (χ4n) is 5.38. The fraction of sp³-hybridized carbons (Fsp3) is 0.370. The van der Waals surface area contributed by atoms with Gasteiger partial charge in [0.05, 0.1) is 42.5 Å². The summed E-state index contributed by atoms with van der Waals surface area (Å²) in [5.41, 5.74) is 2.44. The SMILES string of the molecule is COc1cc(-c2cc(C(=O)N3CC[C@H](C(=O)Nc4cnn5cc([C@H](C)O)ccc45)CC34CC4)n[nH]2)c(F)cn1. The molecule has 4 aromatic heterocycles. The number of H-pyrrole nitrogens is 1. The molecule has 1 aliphatic carbocycles. The van der Waals surface area contributed by atoms with E-state index < -0.39 is 11.9 Å². The van der Waals surface area contributed by atoms with Crippen LogP contribution in [0, 0.1) is 11.7 Å². The number of halogens is 1. The first kappa shape index (κ1) is 25.0. The zero-order chi connectivity index (χ0) is 27.3. The standard InChI is InChI=1S/C27H28FN7O4/c1-15(36)17-3-4-23-22(13-30-35(23)14-17)31-25(37)16-5-8-34(27(11-16)6-7-27)26(38)21-10-20(32-33-21)18-9-24(39-2)29-12-19(18)28/h3-4,9-10,12-16,36H,5-8,11H2,1-2H3,(H,31,37)(H,32,33)/t15-,16-/m0/s1. The highest BCUT2D eigenvalue weighted by Crippen LogP contribution is 2.50. The second kappa shape index (κ2) is 9.45. The Morgan fingerprint density at radius 1 is 1.28 bits per heavy atom. The number of carbonyl (C=O) groups is 2. The first-order valence-electron chi connectivity index (χ1n) is 12.8.